The summed E-state index contributed by atoms with van der Waals surface area (Å²) in [5.74, 6) is 0.812. The molecule has 7 heteroatoms. The van der Waals surface area contributed by atoms with Crippen molar-refractivity contribution in [2.75, 3.05) is 26.7 Å². The minimum Gasteiger partial charge on any atom is -0.361 e. The van der Waals surface area contributed by atoms with Crippen LogP contribution in [0, 0.1) is 13.8 Å². The fourth-order valence-electron chi connectivity index (χ4n) is 3.29. The first-order valence-corrected chi connectivity index (χ1v) is 8.52. The largest absolute Gasteiger partial charge is 0.361 e. The maximum absolute atomic E-state index is 12.6. The fraction of sp³-hybridized carbons (Fsp3) is 0.706. The molecule has 24 heavy (non-hydrogen) atoms. The smallest absolute Gasteiger partial charge is 0.238 e. The van der Waals surface area contributed by atoms with E-state index in [0.29, 0.717) is 32.5 Å². The lowest BCUT2D eigenvalue weighted by Gasteiger charge is -2.42. The average molecular weight is 336 g/mol. The van der Waals surface area contributed by atoms with Gasteiger partial charge in [-0.25, -0.2) is 0 Å². The lowest BCUT2D eigenvalue weighted by atomic mass is 10.1. The summed E-state index contributed by atoms with van der Waals surface area (Å²) in [5, 5.41) is 6.63. The van der Waals surface area contributed by atoms with Crippen LogP contribution < -0.4 is 5.32 Å². The number of carbonyl (C=O) groups excluding carboxylic acids is 2. The minimum absolute atomic E-state index is 0.0353. The van der Waals surface area contributed by atoms with Crippen molar-refractivity contribution in [1.29, 1.82) is 0 Å². The molecule has 1 aliphatic heterocycles. The first kappa shape index (κ1) is 18.4. The van der Waals surface area contributed by atoms with Crippen LogP contribution in [0.25, 0.3) is 0 Å². The third-order valence-corrected chi connectivity index (χ3v) is 4.76. The molecule has 1 atom stereocenters. The number of aryl methyl sites for hydroxylation is 2. The first-order chi connectivity index (χ1) is 11.3. The first-order valence-electron chi connectivity index (χ1n) is 8.52. The van der Waals surface area contributed by atoms with E-state index in [1.54, 1.807) is 11.9 Å². The van der Waals surface area contributed by atoms with E-state index in [2.05, 4.69) is 29.2 Å². The molecule has 0 aromatic carbocycles. The van der Waals surface area contributed by atoms with Crippen molar-refractivity contribution in [3.8, 4) is 0 Å². The number of piperazine rings is 1. The summed E-state index contributed by atoms with van der Waals surface area (Å²) in [5.41, 5.74) is 1.85. The molecular weight excluding hydrogens is 308 g/mol. The molecule has 0 saturated carbocycles. The number of rotatable bonds is 5. The summed E-state index contributed by atoms with van der Waals surface area (Å²) in [6, 6.07) is -0.0152. The molecule has 1 saturated heterocycles. The highest BCUT2D eigenvalue weighted by molar-refractivity contribution is 5.83. The molecule has 0 spiro atoms. The molecule has 0 radical (unpaired) electrons. The number of nitrogens with one attached hydrogen (secondary N) is 1. The highest BCUT2D eigenvalue weighted by Crippen LogP contribution is 2.18. The summed E-state index contributed by atoms with van der Waals surface area (Å²) in [4.78, 5) is 28.7. The van der Waals surface area contributed by atoms with E-state index in [-0.39, 0.29) is 23.9 Å². The lowest BCUT2D eigenvalue weighted by Crippen LogP contribution is -2.61. The highest BCUT2D eigenvalue weighted by atomic mass is 16.5. The average Bonchev–Trinajstić information content (AvgIpc) is 2.89. The predicted octanol–water partition coefficient (Wildman–Crippen LogP) is 0.891. The molecule has 1 fully saturated rings. The van der Waals surface area contributed by atoms with Gasteiger partial charge in [0.2, 0.25) is 11.8 Å². The molecule has 1 N–H and O–H groups in total. The Kier molecular flexibility index (Phi) is 5.99. The zero-order valence-corrected chi connectivity index (χ0v) is 15.3. The van der Waals surface area contributed by atoms with Gasteiger partial charge in [-0.3, -0.25) is 14.5 Å². The van der Waals surface area contributed by atoms with Gasteiger partial charge < -0.3 is 14.7 Å². The molecule has 2 amide bonds. The number of carbonyl (C=O) groups is 2. The van der Waals surface area contributed by atoms with Gasteiger partial charge in [-0.05, 0) is 34.1 Å². The molecule has 2 heterocycles. The van der Waals surface area contributed by atoms with E-state index >= 15 is 0 Å². The fourth-order valence-corrected chi connectivity index (χ4v) is 3.29. The second kappa shape index (κ2) is 7.79. The van der Waals surface area contributed by atoms with E-state index in [1.807, 2.05) is 13.8 Å². The lowest BCUT2D eigenvalue weighted by molar-refractivity contribution is -0.138. The second-order valence-corrected chi connectivity index (χ2v) is 6.60. The second-order valence-electron chi connectivity index (χ2n) is 6.60. The van der Waals surface area contributed by atoms with E-state index < -0.39 is 0 Å². The standard InChI is InChI=1S/C17H28N4O3/c1-11(2)21-9-8-20(10-15(21)17(23)18-5)16(22)7-6-14-12(3)19-24-13(14)4/h11,15H,6-10H2,1-5H3,(H,18,23)/t15-/m0/s1. The maximum atomic E-state index is 12.6. The Morgan fingerprint density at radius 3 is 2.58 bits per heavy atom. The molecule has 1 aromatic rings. The van der Waals surface area contributed by atoms with Gasteiger partial charge in [-0.1, -0.05) is 5.16 Å². The van der Waals surface area contributed by atoms with Crippen molar-refractivity contribution in [3.63, 3.8) is 0 Å². The molecule has 1 aromatic heterocycles. The topological polar surface area (TPSA) is 78.7 Å². The molecule has 0 aliphatic carbocycles. The predicted molar refractivity (Wildman–Crippen MR) is 90.6 cm³/mol. The van der Waals surface area contributed by atoms with Crippen molar-refractivity contribution in [3.05, 3.63) is 17.0 Å². The van der Waals surface area contributed by atoms with Crippen LogP contribution in [0.5, 0.6) is 0 Å². The Hall–Kier alpha value is -1.89. The van der Waals surface area contributed by atoms with Crippen molar-refractivity contribution < 1.29 is 14.1 Å². The summed E-state index contributed by atoms with van der Waals surface area (Å²) in [6.45, 7) is 9.72. The molecule has 0 unspecified atom stereocenters. The van der Waals surface area contributed by atoms with E-state index in [9.17, 15) is 9.59 Å². The highest BCUT2D eigenvalue weighted by Gasteiger charge is 2.34. The third-order valence-electron chi connectivity index (χ3n) is 4.76. The van der Waals surface area contributed by atoms with Gasteiger partial charge in [0.25, 0.3) is 0 Å². The van der Waals surface area contributed by atoms with Crippen molar-refractivity contribution in [2.45, 2.75) is 52.6 Å². The Balaban J connectivity index is 1.99. The minimum atomic E-state index is -0.285. The molecular formula is C17H28N4O3. The number of hydrogen-bond donors (Lipinski definition) is 1. The normalized spacial score (nSPS) is 18.9. The zero-order chi connectivity index (χ0) is 17.9. The van der Waals surface area contributed by atoms with Crippen molar-refractivity contribution >= 4 is 11.8 Å². The SMILES string of the molecule is CNC(=O)[C@@H]1CN(C(=O)CCc2c(C)noc2C)CCN1C(C)C. The van der Waals surface area contributed by atoms with Crippen LogP contribution in [-0.4, -0.2) is 65.5 Å². The van der Waals surface area contributed by atoms with Gasteiger partial charge >= 0.3 is 0 Å². The van der Waals surface area contributed by atoms with E-state index in [4.69, 9.17) is 4.52 Å². The van der Waals surface area contributed by atoms with Gasteiger partial charge in [-0.15, -0.1) is 0 Å². The number of hydrogen-bond acceptors (Lipinski definition) is 5. The number of likely N-dealkylation sites (N-methyl/N-ethyl adjacent to an activating group) is 1. The van der Waals surface area contributed by atoms with E-state index in [1.165, 1.54) is 0 Å². The molecule has 1 aliphatic rings. The summed E-state index contributed by atoms with van der Waals surface area (Å²) in [7, 11) is 1.64. The zero-order valence-electron chi connectivity index (χ0n) is 15.3. The van der Waals surface area contributed by atoms with Gasteiger partial charge in [0.1, 0.15) is 11.8 Å². The van der Waals surface area contributed by atoms with Crippen LogP contribution >= 0.6 is 0 Å². The Morgan fingerprint density at radius 2 is 2.04 bits per heavy atom. The Morgan fingerprint density at radius 1 is 1.33 bits per heavy atom. The van der Waals surface area contributed by atoms with Crippen LogP contribution in [0.3, 0.4) is 0 Å². The maximum Gasteiger partial charge on any atom is 0.238 e. The van der Waals surface area contributed by atoms with Crippen LogP contribution in [0.2, 0.25) is 0 Å². The Bertz CT molecular complexity index is 577. The number of amides is 2. The summed E-state index contributed by atoms with van der Waals surface area (Å²) >= 11 is 0. The van der Waals surface area contributed by atoms with Gasteiger partial charge in [-0.2, -0.15) is 0 Å². The van der Waals surface area contributed by atoms with Crippen molar-refractivity contribution in [1.82, 2.24) is 20.3 Å². The van der Waals surface area contributed by atoms with Crippen LogP contribution in [0.15, 0.2) is 4.52 Å². The van der Waals surface area contributed by atoms with Crippen LogP contribution in [0.4, 0.5) is 0 Å². The third kappa shape index (κ3) is 3.95. The van der Waals surface area contributed by atoms with Crippen LogP contribution in [0.1, 0.15) is 37.3 Å². The van der Waals surface area contributed by atoms with Gasteiger partial charge in [0, 0.05) is 44.7 Å². The quantitative estimate of drug-likeness (QED) is 0.864. The van der Waals surface area contributed by atoms with Crippen molar-refractivity contribution in [2.24, 2.45) is 0 Å². The summed E-state index contributed by atoms with van der Waals surface area (Å²) < 4.78 is 5.14. The monoisotopic (exact) mass is 336 g/mol. The Labute approximate surface area is 143 Å². The van der Waals surface area contributed by atoms with Gasteiger partial charge in [0.05, 0.1) is 5.69 Å². The summed E-state index contributed by atoms with van der Waals surface area (Å²) in [6.07, 6.45) is 1.03. The number of nitrogens with zero attached hydrogens (tertiary/aromatic N) is 3. The van der Waals surface area contributed by atoms with E-state index in [0.717, 1.165) is 17.0 Å². The molecule has 7 nitrogen and oxygen atoms in total. The molecule has 2 rings (SSSR count). The van der Waals surface area contributed by atoms with Gasteiger partial charge in [0.15, 0.2) is 0 Å². The molecule has 0 bridgehead atoms. The molecule has 134 valence electrons. The number of aromatic nitrogens is 1. The van der Waals surface area contributed by atoms with Crippen LogP contribution in [-0.2, 0) is 16.0 Å².